The molecule has 1 aliphatic rings. The number of nitrogens with two attached hydrogens (primary N) is 2. The zero-order valence-electron chi connectivity index (χ0n) is 10.2. The largest absolute Gasteiger partial charge is 0.382 e. The molecule has 98 valence electrons. The molecule has 5 heteroatoms. The fourth-order valence-electron chi connectivity index (χ4n) is 2.53. The molecule has 2 rings (SSSR count). The number of hydrogen-bond donors (Lipinski definition) is 3. The van der Waals surface area contributed by atoms with Crippen LogP contribution >= 0.6 is 0 Å². The fourth-order valence-corrected chi connectivity index (χ4v) is 2.53. The minimum atomic E-state index is -0.752. The fraction of sp³-hybridized carbons (Fsp3) is 0.462. The molecule has 1 amide bonds. The number of hydrogen-bond acceptors (Lipinski definition) is 3. The Morgan fingerprint density at radius 3 is 2.89 bits per heavy atom. The number of anilines is 1. The molecule has 0 heterocycles. The van der Waals surface area contributed by atoms with Gasteiger partial charge in [-0.3, -0.25) is 4.79 Å². The van der Waals surface area contributed by atoms with Gasteiger partial charge in [0.05, 0.1) is 5.56 Å². The minimum Gasteiger partial charge on any atom is -0.382 e. The van der Waals surface area contributed by atoms with Gasteiger partial charge < -0.3 is 16.8 Å². The van der Waals surface area contributed by atoms with Crippen molar-refractivity contribution in [1.82, 2.24) is 0 Å². The van der Waals surface area contributed by atoms with Gasteiger partial charge in [0, 0.05) is 11.7 Å². The predicted octanol–water partition coefficient (Wildman–Crippen LogP) is 1.46. The van der Waals surface area contributed by atoms with Crippen LogP contribution in [0.4, 0.5) is 10.1 Å². The van der Waals surface area contributed by atoms with Crippen LogP contribution in [0.2, 0.25) is 0 Å². The van der Waals surface area contributed by atoms with E-state index in [4.69, 9.17) is 11.5 Å². The summed E-state index contributed by atoms with van der Waals surface area (Å²) >= 11 is 0. The molecular weight excluding hydrogens is 233 g/mol. The van der Waals surface area contributed by atoms with Crippen molar-refractivity contribution in [1.29, 1.82) is 0 Å². The third-order valence-electron chi connectivity index (χ3n) is 3.55. The van der Waals surface area contributed by atoms with Gasteiger partial charge in [0.25, 0.3) is 5.91 Å². The van der Waals surface area contributed by atoms with Crippen molar-refractivity contribution in [3.8, 4) is 0 Å². The Hall–Kier alpha value is -1.62. The van der Waals surface area contributed by atoms with E-state index < -0.39 is 11.7 Å². The number of rotatable bonds is 4. The lowest BCUT2D eigenvalue weighted by Gasteiger charge is -2.21. The summed E-state index contributed by atoms with van der Waals surface area (Å²) in [4.78, 5) is 11.1. The molecule has 1 aliphatic carbocycles. The lowest BCUT2D eigenvalue weighted by Crippen LogP contribution is -2.29. The number of halogens is 1. The summed E-state index contributed by atoms with van der Waals surface area (Å²) < 4.78 is 13.3. The van der Waals surface area contributed by atoms with E-state index in [-0.39, 0.29) is 5.56 Å². The van der Waals surface area contributed by atoms with Gasteiger partial charge in [0.15, 0.2) is 0 Å². The maximum atomic E-state index is 13.3. The molecular formula is C13H18FN3O. The quantitative estimate of drug-likeness (QED) is 0.757. The highest BCUT2D eigenvalue weighted by Gasteiger charge is 2.26. The van der Waals surface area contributed by atoms with Crippen molar-refractivity contribution in [3.63, 3.8) is 0 Å². The number of benzene rings is 1. The maximum absolute atomic E-state index is 13.3. The molecule has 1 aromatic rings. The van der Waals surface area contributed by atoms with Gasteiger partial charge in [0.2, 0.25) is 0 Å². The first kappa shape index (κ1) is 12.8. The number of nitrogens with one attached hydrogen (secondary N) is 1. The molecule has 2 atom stereocenters. The highest BCUT2D eigenvalue weighted by Crippen LogP contribution is 2.28. The average molecular weight is 251 g/mol. The number of primary amides is 1. The summed E-state index contributed by atoms with van der Waals surface area (Å²) in [6.45, 7) is 0.640. The molecule has 1 saturated carbocycles. The Labute approximate surface area is 106 Å². The van der Waals surface area contributed by atoms with Crippen LogP contribution in [0.1, 0.15) is 29.6 Å². The molecule has 0 spiro atoms. The van der Waals surface area contributed by atoms with Crippen molar-refractivity contribution < 1.29 is 9.18 Å². The molecule has 5 N–H and O–H groups in total. The average Bonchev–Trinajstić information content (AvgIpc) is 2.78. The first-order valence-electron chi connectivity index (χ1n) is 6.17. The number of carbonyl (C=O) groups excluding carboxylic acids is 1. The predicted molar refractivity (Wildman–Crippen MR) is 68.7 cm³/mol. The Morgan fingerprint density at radius 1 is 1.44 bits per heavy atom. The molecule has 2 unspecified atom stereocenters. The van der Waals surface area contributed by atoms with Crippen LogP contribution in [0, 0.1) is 11.7 Å². The zero-order chi connectivity index (χ0) is 13.1. The molecule has 18 heavy (non-hydrogen) atoms. The number of amides is 1. The van der Waals surface area contributed by atoms with E-state index in [0.717, 1.165) is 24.9 Å². The van der Waals surface area contributed by atoms with Gasteiger partial charge in [-0.25, -0.2) is 4.39 Å². The first-order chi connectivity index (χ1) is 8.61. The van der Waals surface area contributed by atoms with Gasteiger partial charge in [-0.05, 0) is 43.5 Å². The van der Waals surface area contributed by atoms with Crippen molar-refractivity contribution in [3.05, 3.63) is 29.6 Å². The van der Waals surface area contributed by atoms with E-state index in [1.165, 1.54) is 12.1 Å². The lowest BCUT2D eigenvalue weighted by molar-refractivity contribution is 0.0996. The van der Waals surface area contributed by atoms with Gasteiger partial charge in [-0.2, -0.15) is 0 Å². The first-order valence-corrected chi connectivity index (χ1v) is 6.17. The van der Waals surface area contributed by atoms with Crippen LogP contribution in [-0.2, 0) is 0 Å². The standard InChI is InChI=1S/C13H18FN3O/c14-11-5-4-9(6-10(11)13(16)18)17-12-3-1-2-8(12)7-15/h4-6,8,12,17H,1-3,7,15H2,(H2,16,18). The molecule has 4 nitrogen and oxygen atoms in total. The summed E-state index contributed by atoms with van der Waals surface area (Å²) in [7, 11) is 0. The van der Waals surface area contributed by atoms with E-state index in [1.807, 2.05) is 0 Å². The van der Waals surface area contributed by atoms with Crippen LogP contribution < -0.4 is 16.8 Å². The van der Waals surface area contributed by atoms with Crippen molar-refractivity contribution in [2.45, 2.75) is 25.3 Å². The summed E-state index contributed by atoms with van der Waals surface area (Å²) in [6, 6.07) is 4.63. The molecule has 0 bridgehead atoms. The van der Waals surface area contributed by atoms with Crippen LogP contribution in [0.25, 0.3) is 0 Å². The van der Waals surface area contributed by atoms with Crippen LogP contribution in [0.5, 0.6) is 0 Å². The Bertz CT molecular complexity index is 450. The van der Waals surface area contributed by atoms with Gasteiger partial charge >= 0.3 is 0 Å². The molecule has 1 fully saturated rings. The third-order valence-corrected chi connectivity index (χ3v) is 3.55. The second kappa shape index (κ2) is 5.35. The van der Waals surface area contributed by atoms with Gasteiger partial charge in [-0.15, -0.1) is 0 Å². The van der Waals surface area contributed by atoms with E-state index in [9.17, 15) is 9.18 Å². The van der Waals surface area contributed by atoms with Crippen LogP contribution in [0.3, 0.4) is 0 Å². The molecule has 0 aliphatic heterocycles. The summed E-state index contributed by atoms with van der Waals surface area (Å²) in [6.07, 6.45) is 3.30. The van der Waals surface area contributed by atoms with Crippen molar-refractivity contribution >= 4 is 11.6 Å². The minimum absolute atomic E-state index is 0.0812. The monoisotopic (exact) mass is 251 g/mol. The van der Waals surface area contributed by atoms with Crippen molar-refractivity contribution in [2.24, 2.45) is 17.4 Å². The van der Waals surface area contributed by atoms with E-state index in [2.05, 4.69) is 5.32 Å². The summed E-state index contributed by atoms with van der Waals surface area (Å²) in [5, 5.41) is 3.31. The smallest absolute Gasteiger partial charge is 0.251 e. The highest BCUT2D eigenvalue weighted by atomic mass is 19.1. The van der Waals surface area contributed by atoms with Gasteiger partial charge in [0.1, 0.15) is 5.82 Å². The van der Waals surface area contributed by atoms with Gasteiger partial charge in [-0.1, -0.05) is 6.42 Å². The summed E-state index contributed by atoms with van der Waals surface area (Å²) in [5.74, 6) is -0.903. The topological polar surface area (TPSA) is 81.1 Å². The SMILES string of the molecule is NCC1CCCC1Nc1ccc(F)c(C(N)=O)c1. The Balaban J connectivity index is 2.14. The van der Waals surface area contributed by atoms with Crippen molar-refractivity contribution in [2.75, 3.05) is 11.9 Å². The molecule has 0 saturated heterocycles. The third kappa shape index (κ3) is 2.61. The zero-order valence-corrected chi connectivity index (χ0v) is 10.2. The van der Waals surface area contributed by atoms with E-state index in [0.29, 0.717) is 18.5 Å². The molecule has 0 radical (unpaired) electrons. The molecule has 1 aromatic carbocycles. The van der Waals surface area contributed by atoms with E-state index >= 15 is 0 Å². The Morgan fingerprint density at radius 2 is 2.22 bits per heavy atom. The highest BCUT2D eigenvalue weighted by molar-refractivity contribution is 5.94. The number of carbonyl (C=O) groups is 1. The van der Waals surface area contributed by atoms with Crippen LogP contribution in [0.15, 0.2) is 18.2 Å². The molecule has 0 aromatic heterocycles. The second-order valence-electron chi connectivity index (χ2n) is 4.74. The summed E-state index contributed by atoms with van der Waals surface area (Å²) in [5.41, 5.74) is 11.5. The maximum Gasteiger partial charge on any atom is 0.251 e. The van der Waals surface area contributed by atoms with Crippen LogP contribution in [-0.4, -0.2) is 18.5 Å². The Kier molecular flexibility index (Phi) is 3.81. The lowest BCUT2D eigenvalue weighted by atomic mass is 10.0. The second-order valence-corrected chi connectivity index (χ2v) is 4.74. The normalized spacial score (nSPS) is 23.0. The van der Waals surface area contributed by atoms with E-state index in [1.54, 1.807) is 6.07 Å².